The Bertz CT molecular complexity index is 1110. The molecule has 1 amide bonds. The van der Waals surface area contributed by atoms with Gasteiger partial charge in [-0.2, -0.15) is 0 Å². The van der Waals surface area contributed by atoms with E-state index in [1.807, 2.05) is 54.6 Å². The lowest BCUT2D eigenvalue weighted by molar-refractivity contribution is 0.102. The minimum atomic E-state index is -0.206. The minimum absolute atomic E-state index is 0.206. The lowest BCUT2D eigenvalue weighted by Crippen LogP contribution is -2.13. The first-order chi connectivity index (χ1) is 13.2. The highest BCUT2D eigenvalue weighted by Gasteiger charge is 2.14. The summed E-state index contributed by atoms with van der Waals surface area (Å²) < 4.78 is 7.29. The smallest absolute Gasteiger partial charge is 0.256 e. The quantitative estimate of drug-likeness (QED) is 0.425. The van der Waals surface area contributed by atoms with Crippen molar-refractivity contribution in [3.05, 3.63) is 76.8 Å². The molecule has 1 aromatic heterocycles. The van der Waals surface area contributed by atoms with Gasteiger partial charge in [0.05, 0.1) is 28.6 Å². The minimum Gasteiger partial charge on any atom is -0.495 e. The van der Waals surface area contributed by atoms with E-state index in [4.69, 9.17) is 4.74 Å². The molecule has 0 radical (unpaired) electrons. The molecule has 0 saturated heterocycles. The van der Waals surface area contributed by atoms with Crippen LogP contribution < -0.4 is 10.1 Å². The third kappa shape index (κ3) is 3.59. The number of nitrogens with one attached hydrogen (secondary N) is 1. The molecule has 4 aromatic rings. The number of para-hydroxylation sites is 1. The summed E-state index contributed by atoms with van der Waals surface area (Å²) in [6.07, 6.45) is 0. The molecule has 4 rings (SSSR count). The number of methoxy groups -OCH3 is 1. The molecule has 134 valence electrons. The number of thiazole rings is 1. The number of ether oxygens (including phenoxy) is 1. The molecular weight excluding hydrogens is 424 g/mol. The van der Waals surface area contributed by atoms with E-state index in [2.05, 4.69) is 32.3 Å². The molecule has 0 saturated carbocycles. The second kappa shape index (κ2) is 7.50. The predicted molar refractivity (Wildman–Crippen MR) is 114 cm³/mol. The first-order valence-corrected chi connectivity index (χ1v) is 9.86. The monoisotopic (exact) mass is 438 g/mol. The van der Waals surface area contributed by atoms with Crippen LogP contribution in [0.5, 0.6) is 5.75 Å². The number of carbonyl (C=O) groups excluding carboxylic acids is 1. The van der Waals surface area contributed by atoms with Gasteiger partial charge in [0.1, 0.15) is 10.8 Å². The number of rotatable bonds is 4. The Hall–Kier alpha value is -2.70. The number of hydrogen-bond donors (Lipinski definition) is 1. The SMILES string of the molecule is COc1ccc(-c2nc3ccccc3s2)cc1NC(=O)c1ccccc1Br. The molecule has 1 heterocycles. The number of benzene rings is 3. The number of halogens is 1. The van der Waals surface area contributed by atoms with Gasteiger partial charge in [-0.25, -0.2) is 4.98 Å². The first kappa shape index (κ1) is 17.7. The van der Waals surface area contributed by atoms with Gasteiger partial charge in [-0.1, -0.05) is 24.3 Å². The number of hydrogen-bond acceptors (Lipinski definition) is 4. The van der Waals surface area contributed by atoms with Crippen molar-refractivity contribution >= 4 is 49.1 Å². The van der Waals surface area contributed by atoms with E-state index in [1.54, 1.807) is 24.5 Å². The first-order valence-electron chi connectivity index (χ1n) is 8.25. The zero-order chi connectivity index (χ0) is 18.8. The number of nitrogens with zero attached hydrogens (tertiary/aromatic N) is 1. The lowest BCUT2D eigenvalue weighted by atomic mass is 10.1. The van der Waals surface area contributed by atoms with Gasteiger partial charge in [0, 0.05) is 10.0 Å². The van der Waals surface area contributed by atoms with E-state index in [0.717, 1.165) is 25.3 Å². The highest BCUT2D eigenvalue weighted by Crippen LogP contribution is 2.35. The second-order valence-corrected chi connectivity index (χ2v) is 7.72. The zero-order valence-corrected chi connectivity index (χ0v) is 16.8. The molecule has 1 N–H and O–H groups in total. The molecule has 0 unspecified atom stereocenters. The average Bonchev–Trinajstić information content (AvgIpc) is 3.12. The third-order valence-electron chi connectivity index (χ3n) is 4.11. The Balaban J connectivity index is 1.70. The summed E-state index contributed by atoms with van der Waals surface area (Å²) in [4.78, 5) is 17.4. The van der Waals surface area contributed by atoms with Crippen LogP contribution in [0.15, 0.2) is 71.2 Å². The number of amides is 1. The Kier molecular flexibility index (Phi) is 4.92. The van der Waals surface area contributed by atoms with Crippen molar-refractivity contribution in [3.63, 3.8) is 0 Å². The van der Waals surface area contributed by atoms with Crippen LogP contribution in [0.2, 0.25) is 0 Å². The van der Waals surface area contributed by atoms with Gasteiger partial charge in [-0.05, 0) is 58.4 Å². The fraction of sp³-hybridized carbons (Fsp3) is 0.0476. The zero-order valence-electron chi connectivity index (χ0n) is 14.4. The van der Waals surface area contributed by atoms with Crippen molar-refractivity contribution in [2.75, 3.05) is 12.4 Å². The molecule has 0 atom stereocenters. The summed E-state index contributed by atoms with van der Waals surface area (Å²) >= 11 is 5.03. The Labute approximate surface area is 169 Å². The number of aromatic nitrogens is 1. The normalized spacial score (nSPS) is 10.7. The molecule has 27 heavy (non-hydrogen) atoms. The van der Waals surface area contributed by atoms with Crippen LogP contribution in [0.25, 0.3) is 20.8 Å². The fourth-order valence-corrected chi connectivity index (χ4v) is 4.20. The van der Waals surface area contributed by atoms with Crippen LogP contribution in [-0.2, 0) is 0 Å². The fourth-order valence-electron chi connectivity index (χ4n) is 2.77. The van der Waals surface area contributed by atoms with Crippen LogP contribution in [-0.4, -0.2) is 18.0 Å². The maximum atomic E-state index is 12.7. The van der Waals surface area contributed by atoms with Crippen LogP contribution in [0.4, 0.5) is 5.69 Å². The Morgan fingerprint density at radius 2 is 1.85 bits per heavy atom. The third-order valence-corrected chi connectivity index (χ3v) is 5.88. The highest BCUT2D eigenvalue weighted by molar-refractivity contribution is 9.10. The molecule has 0 aliphatic rings. The van der Waals surface area contributed by atoms with Gasteiger partial charge in [-0.15, -0.1) is 11.3 Å². The summed E-state index contributed by atoms with van der Waals surface area (Å²) in [7, 11) is 1.58. The lowest BCUT2D eigenvalue weighted by Gasteiger charge is -2.12. The maximum Gasteiger partial charge on any atom is 0.256 e. The molecule has 3 aromatic carbocycles. The molecule has 4 nitrogen and oxygen atoms in total. The van der Waals surface area contributed by atoms with Crippen molar-refractivity contribution in [2.24, 2.45) is 0 Å². The molecule has 0 aliphatic carbocycles. The standard InChI is InChI=1S/C21H15BrN2O2S/c1-26-18-11-10-13(21-24-16-8-4-5-9-19(16)27-21)12-17(18)23-20(25)14-6-2-3-7-15(14)22/h2-12H,1H3,(H,23,25). The highest BCUT2D eigenvalue weighted by atomic mass is 79.9. The van der Waals surface area contributed by atoms with Gasteiger partial charge < -0.3 is 10.1 Å². The van der Waals surface area contributed by atoms with Crippen molar-refractivity contribution in [1.82, 2.24) is 4.98 Å². The average molecular weight is 439 g/mol. The summed E-state index contributed by atoms with van der Waals surface area (Å²) in [5, 5.41) is 3.84. The van der Waals surface area contributed by atoms with E-state index >= 15 is 0 Å². The summed E-state index contributed by atoms with van der Waals surface area (Å²) in [5.74, 6) is 0.391. The topological polar surface area (TPSA) is 51.2 Å². The largest absolute Gasteiger partial charge is 0.495 e. The van der Waals surface area contributed by atoms with Gasteiger partial charge >= 0.3 is 0 Å². The Morgan fingerprint density at radius 1 is 1.07 bits per heavy atom. The summed E-state index contributed by atoms with van der Waals surface area (Å²) in [6.45, 7) is 0. The van der Waals surface area contributed by atoms with Gasteiger partial charge in [0.2, 0.25) is 0 Å². The van der Waals surface area contributed by atoms with Crippen LogP contribution in [0.3, 0.4) is 0 Å². The van der Waals surface area contributed by atoms with Crippen LogP contribution in [0.1, 0.15) is 10.4 Å². The molecule has 6 heteroatoms. The van der Waals surface area contributed by atoms with Crippen molar-refractivity contribution in [2.45, 2.75) is 0 Å². The molecule has 0 bridgehead atoms. The van der Waals surface area contributed by atoms with Crippen LogP contribution >= 0.6 is 27.3 Å². The van der Waals surface area contributed by atoms with Gasteiger partial charge in [0.15, 0.2) is 0 Å². The number of anilines is 1. The van der Waals surface area contributed by atoms with Gasteiger partial charge in [0.25, 0.3) is 5.91 Å². The van der Waals surface area contributed by atoms with Crippen molar-refractivity contribution in [3.8, 4) is 16.3 Å². The summed E-state index contributed by atoms with van der Waals surface area (Å²) in [5.41, 5.74) is 3.06. The summed E-state index contributed by atoms with van der Waals surface area (Å²) in [6, 6.07) is 21.0. The van der Waals surface area contributed by atoms with Crippen molar-refractivity contribution in [1.29, 1.82) is 0 Å². The van der Waals surface area contributed by atoms with Crippen molar-refractivity contribution < 1.29 is 9.53 Å². The van der Waals surface area contributed by atoms with Gasteiger partial charge in [-0.3, -0.25) is 4.79 Å². The number of carbonyl (C=O) groups is 1. The van der Waals surface area contributed by atoms with E-state index in [-0.39, 0.29) is 5.91 Å². The molecule has 0 aliphatic heterocycles. The predicted octanol–water partition coefficient (Wildman–Crippen LogP) is 5.99. The molecular formula is C21H15BrN2O2S. The van der Waals surface area contributed by atoms with E-state index < -0.39 is 0 Å². The van der Waals surface area contributed by atoms with E-state index in [1.165, 1.54) is 0 Å². The molecule has 0 spiro atoms. The van der Waals surface area contributed by atoms with E-state index in [9.17, 15) is 4.79 Å². The maximum absolute atomic E-state index is 12.7. The van der Waals surface area contributed by atoms with E-state index in [0.29, 0.717) is 17.0 Å². The molecule has 0 fully saturated rings. The van der Waals surface area contributed by atoms with Crippen LogP contribution in [0, 0.1) is 0 Å². The number of fused-ring (bicyclic) bond motifs is 1. The second-order valence-electron chi connectivity index (χ2n) is 5.84. The Morgan fingerprint density at radius 3 is 2.63 bits per heavy atom.